The van der Waals surface area contributed by atoms with Crippen molar-refractivity contribution in [3.63, 3.8) is 0 Å². The Labute approximate surface area is 93.1 Å². The van der Waals surface area contributed by atoms with Gasteiger partial charge in [-0.1, -0.05) is 13.8 Å². The van der Waals surface area contributed by atoms with Gasteiger partial charge in [0, 0.05) is 0 Å². The van der Waals surface area contributed by atoms with E-state index < -0.39 is 17.9 Å². The minimum Gasteiger partial charge on any atom is -0.480 e. The fourth-order valence-electron chi connectivity index (χ4n) is 1.30. The number of nitrogens with one attached hydrogen (secondary N) is 2. The van der Waals surface area contributed by atoms with Crippen molar-refractivity contribution in [2.24, 2.45) is 5.92 Å². The third kappa shape index (κ3) is 2.59. The van der Waals surface area contributed by atoms with Gasteiger partial charge in [-0.15, -0.1) is 0 Å². The van der Waals surface area contributed by atoms with Crippen LogP contribution in [-0.4, -0.2) is 33.2 Å². The Morgan fingerprint density at radius 2 is 2.12 bits per heavy atom. The van der Waals surface area contributed by atoms with Gasteiger partial charge in [0.25, 0.3) is 5.91 Å². The lowest BCUT2D eigenvalue weighted by atomic mass is 10.0. The lowest BCUT2D eigenvalue weighted by Crippen LogP contribution is -2.44. The van der Waals surface area contributed by atoms with Gasteiger partial charge in [0.15, 0.2) is 0 Å². The van der Waals surface area contributed by atoms with Gasteiger partial charge in [-0.3, -0.25) is 9.89 Å². The molecule has 16 heavy (non-hydrogen) atoms. The Morgan fingerprint density at radius 1 is 1.50 bits per heavy atom. The van der Waals surface area contributed by atoms with Crippen LogP contribution in [0.1, 0.15) is 29.9 Å². The van der Waals surface area contributed by atoms with Gasteiger partial charge in [-0.25, -0.2) is 4.79 Å². The summed E-state index contributed by atoms with van der Waals surface area (Å²) >= 11 is 0. The third-order valence-corrected chi connectivity index (χ3v) is 2.28. The summed E-state index contributed by atoms with van der Waals surface area (Å²) in [4.78, 5) is 22.6. The highest BCUT2D eigenvalue weighted by molar-refractivity contribution is 5.96. The van der Waals surface area contributed by atoms with Gasteiger partial charge in [-0.2, -0.15) is 5.10 Å². The summed E-state index contributed by atoms with van der Waals surface area (Å²) in [6.07, 6.45) is 1.51. The molecule has 1 aromatic heterocycles. The fourth-order valence-corrected chi connectivity index (χ4v) is 1.30. The molecule has 0 aliphatic rings. The van der Waals surface area contributed by atoms with Crippen LogP contribution in [0.2, 0.25) is 0 Å². The van der Waals surface area contributed by atoms with Gasteiger partial charge in [0.1, 0.15) is 11.7 Å². The average molecular weight is 225 g/mol. The smallest absolute Gasteiger partial charge is 0.326 e. The van der Waals surface area contributed by atoms with Crippen LogP contribution in [0.5, 0.6) is 0 Å². The van der Waals surface area contributed by atoms with Crippen LogP contribution in [0.15, 0.2) is 6.20 Å². The number of H-pyrrole nitrogens is 1. The van der Waals surface area contributed by atoms with Crippen LogP contribution < -0.4 is 5.32 Å². The van der Waals surface area contributed by atoms with Gasteiger partial charge in [-0.05, 0) is 18.4 Å². The van der Waals surface area contributed by atoms with E-state index in [2.05, 4.69) is 15.5 Å². The maximum atomic E-state index is 11.7. The maximum absolute atomic E-state index is 11.7. The first-order valence-electron chi connectivity index (χ1n) is 4.97. The molecule has 1 rings (SSSR count). The molecule has 0 saturated heterocycles. The van der Waals surface area contributed by atoms with Crippen LogP contribution >= 0.6 is 0 Å². The number of aliphatic carboxylic acids is 1. The Balaban J connectivity index is 2.77. The molecule has 6 nitrogen and oxygen atoms in total. The zero-order valence-electron chi connectivity index (χ0n) is 9.44. The summed E-state index contributed by atoms with van der Waals surface area (Å²) < 4.78 is 0. The lowest BCUT2D eigenvalue weighted by molar-refractivity contribution is -0.140. The van der Waals surface area contributed by atoms with Crippen LogP contribution in [0, 0.1) is 12.8 Å². The van der Waals surface area contributed by atoms with Crippen LogP contribution in [0.25, 0.3) is 0 Å². The number of carboxylic acids is 1. The van der Waals surface area contributed by atoms with Crippen molar-refractivity contribution >= 4 is 11.9 Å². The van der Waals surface area contributed by atoms with E-state index in [1.54, 1.807) is 20.8 Å². The number of hydrogen-bond acceptors (Lipinski definition) is 3. The standard InChI is InChI=1S/C10H15N3O3/c1-5(2)7(10(15)16)12-9(14)8-6(3)4-11-13-8/h4-5,7H,1-3H3,(H,11,13)(H,12,14)(H,15,16)/t7-/m0/s1. The summed E-state index contributed by atoms with van der Waals surface area (Å²) in [5.41, 5.74) is 0.984. The molecule has 3 N–H and O–H groups in total. The molecule has 6 heteroatoms. The first-order valence-corrected chi connectivity index (χ1v) is 4.97. The largest absolute Gasteiger partial charge is 0.480 e. The number of rotatable bonds is 4. The number of carbonyl (C=O) groups is 2. The topological polar surface area (TPSA) is 95.1 Å². The zero-order chi connectivity index (χ0) is 12.3. The Hall–Kier alpha value is -1.85. The molecule has 0 bridgehead atoms. The molecule has 0 radical (unpaired) electrons. The van der Waals surface area contributed by atoms with Gasteiger partial charge in [0.2, 0.25) is 0 Å². The number of aromatic nitrogens is 2. The van der Waals surface area contributed by atoms with E-state index in [0.717, 1.165) is 0 Å². The van der Waals surface area contributed by atoms with Crippen molar-refractivity contribution in [1.29, 1.82) is 0 Å². The normalized spacial score (nSPS) is 12.5. The minimum absolute atomic E-state index is 0.176. The number of amides is 1. The highest BCUT2D eigenvalue weighted by atomic mass is 16.4. The van der Waals surface area contributed by atoms with Crippen LogP contribution in [-0.2, 0) is 4.79 Å². The number of hydrogen-bond donors (Lipinski definition) is 3. The third-order valence-electron chi connectivity index (χ3n) is 2.28. The van der Waals surface area contributed by atoms with Crippen molar-refractivity contribution in [3.05, 3.63) is 17.5 Å². The van der Waals surface area contributed by atoms with Gasteiger partial charge >= 0.3 is 5.97 Å². The first kappa shape index (κ1) is 12.2. The molecule has 0 fully saturated rings. The Bertz CT molecular complexity index is 398. The van der Waals surface area contributed by atoms with Crippen molar-refractivity contribution in [3.8, 4) is 0 Å². The predicted octanol–water partition coefficient (Wildman–Crippen LogP) is 0.557. The summed E-state index contributed by atoms with van der Waals surface area (Å²) in [5.74, 6) is -1.67. The molecule has 88 valence electrons. The van der Waals surface area contributed by atoms with Crippen molar-refractivity contribution in [2.75, 3.05) is 0 Å². The Morgan fingerprint density at radius 3 is 2.50 bits per heavy atom. The second-order valence-corrected chi connectivity index (χ2v) is 3.96. The molecule has 1 amide bonds. The van der Waals surface area contributed by atoms with E-state index in [4.69, 9.17) is 5.11 Å². The quantitative estimate of drug-likeness (QED) is 0.697. The molecule has 1 aromatic rings. The molecular weight excluding hydrogens is 210 g/mol. The first-order chi connectivity index (χ1) is 7.43. The highest BCUT2D eigenvalue weighted by Gasteiger charge is 2.24. The fraction of sp³-hybridized carbons (Fsp3) is 0.500. The van der Waals surface area contributed by atoms with Gasteiger partial charge in [0.05, 0.1) is 6.20 Å². The second-order valence-electron chi connectivity index (χ2n) is 3.96. The maximum Gasteiger partial charge on any atom is 0.326 e. The summed E-state index contributed by atoms with van der Waals surface area (Å²) in [6, 6.07) is -0.893. The van der Waals surface area contributed by atoms with Crippen molar-refractivity contribution in [1.82, 2.24) is 15.5 Å². The molecule has 0 aliphatic carbocycles. The molecule has 0 aliphatic heterocycles. The van der Waals surface area contributed by atoms with E-state index >= 15 is 0 Å². The molecule has 0 aromatic carbocycles. The molecule has 0 saturated carbocycles. The molecule has 1 atom stereocenters. The van der Waals surface area contributed by atoms with E-state index in [1.165, 1.54) is 6.20 Å². The van der Waals surface area contributed by atoms with E-state index in [-0.39, 0.29) is 5.92 Å². The predicted molar refractivity (Wildman–Crippen MR) is 57.1 cm³/mol. The number of aromatic amines is 1. The van der Waals surface area contributed by atoms with E-state index in [0.29, 0.717) is 11.3 Å². The van der Waals surface area contributed by atoms with Crippen molar-refractivity contribution < 1.29 is 14.7 Å². The number of carbonyl (C=O) groups excluding carboxylic acids is 1. The van der Waals surface area contributed by atoms with Crippen LogP contribution in [0.3, 0.4) is 0 Å². The monoisotopic (exact) mass is 225 g/mol. The summed E-state index contributed by atoms with van der Waals surface area (Å²) in [7, 11) is 0. The second kappa shape index (κ2) is 4.78. The number of nitrogens with zero attached hydrogens (tertiary/aromatic N) is 1. The SMILES string of the molecule is Cc1cn[nH]c1C(=O)N[C@H](C(=O)O)C(C)C. The summed E-state index contributed by atoms with van der Waals surface area (Å²) in [5, 5.41) is 17.6. The molecular formula is C10H15N3O3. The lowest BCUT2D eigenvalue weighted by Gasteiger charge is -2.17. The molecule has 0 unspecified atom stereocenters. The molecule has 0 spiro atoms. The Kier molecular flexibility index (Phi) is 3.65. The molecule has 1 heterocycles. The minimum atomic E-state index is -1.04. The number of aryl methyl sites for hydroxylation is 1. The van der Waals surface area contributed by atoms with E-state index in [1.807, 2.05) is 0 Å². The van der Waals surface area contributed by atoms with Gasteiger partial charge < -0.3 is 10.4 Å². The zero-order valence-corrected chi connectivity index (χ0v) is 9.44. The van der Waals surface area contributed by atoms with Crippen molar-refractivity contribution in [2.45, 2.75) is 26.8 Å². The summed E-state index contributed by atoms with van der Waals surface area (Å²) in [6.45, 7) is 5.20. The number of carboxylic acid groups (broad SMARTS) is 1. The highest BCUT2D eigenvalue weighted by Crippen LogP contribution is 2.06. The van der Waals surface area contributed by atoms with E-state index in [9.17, 15) is 9.59 Å². The van der Waals surface area contributed by atoms with Crippen LogP contribution in [0.4, 0.5) is 0 Å². The average Bonchev–Trinajstić information content (AvgIpc) is 2.59.